The number of amides is 3. The van der Waals surface area contributed by atoms with E-state index < -0.39 is 72.7 Å². The van der Waals surface area contributed by atoms with Crippen LogP contribution in [0, 0.1) is 0 Å². The van der Waals surface area contributed by atoms with Gasteiger partial charge in [-0.25, -0.2) is 14.5 Å². The van der Waals surface area contributed by atoms with Crippen molar-refractivity contribution in [1.29, 1.82) is 0 Å². The van der Waals surface area contributed by atoms with Gasteiger partial charge in [-0.2, -0.15) is 4.48 Å². The van der Waals surface area contributed by atoms with Gasteiger partial charge in [0, 0.05) is 0 Å². The van der Waals surface area contributed by atoms with Crippen LogP contribution in [0.15, 0.2) is 11.8 Å². The Labute approximate surface area is 148 Å². The van der Waals surface area contributed by atoms with Gasteiger partial charge in [-0.1, -0.05) is 0 Å². The fraction of sp³-hybridized carbons (Fsp3) is 0.733. The number of halogens is 1. The van der Waals surface area contributed by atoms with Gasteiger partial charge in [0.2, 0.25) is 18.6 Å². The number of carbonyl (C=O) groups is 2. The standard InChI is InChI=1S/C15H21FN2O8/c1-6-3-18(15(24)17-13(6)23,10-2-7(21)8(4-19)25-10)14-11(16)12(22)9(5-20)26-14/h3,7-12,14,19-22H,2,4-5H2,1H3/p+1/t7-,8+,9+,10+,11-,12+,14+,18?/m0/s1. The Morgan fingerprint density at radius 3 is 2.42 bits per heavy atom. The lowest BCUT2D eigenvalue weighted by atomic mass is 10.1. The molecule has 3 amide bonds. The van der Waals surface area contributed by atoms with E-state index in [1.807, 2.05) is 0 Å². The number of imide groups is 1. The maximum absolute atomic E-state index is 14.8. The van der Waals surface area contributed by atoms with Crippen molar-refractivity contribution >= 4 is 11.9 Å². The van der Waals surface area contributed by atoms with Gasteiger partial charge in [-0.05, 0) is 6.92 Å². The summed E-state index contributed by atoms with van der Waals surface area (Å²) >= 11 is 0. The van der Waals surface area contributed by atoms with E-state index in [0.29, 0.717) is 0 Å². The minimum atomic E-state index is -2.07. The van der Waals surface area contributed by atoms with Gasteiger partial charge >= 0.3 is 6.03 Å². The monoisotopic (exact) mass is 377 g/mol. The molecule has 0 bridgehead atoms. The van der Waals surface area contributed by atoms with Crippen LogP contribution >= 0.6 is 0 Å². The number of alkyl halides is 1. The van der Waals surface area contributed by atoms with E-state index in [4.69, 9.17) is 9.47 Å². The highest BCUT2D eigenvalue weighted by atomic mass is 19.1. The number of hydrogen-bond acceptors (Lipinski definition) is 8. The minimum Gasteiger partial charge on any atom is -0.394 e. The Bertz CT molecular complexity index is 631. The highest BCUT2D eigenvalue weighted by molar-refractivity contribution is 6.03. The molecule has 0 aromatic rings. The molecule has 1 unspecified atom stereocenters. The lowest BCUT2D eigenvalue weighted by Crippen LogP contribution is -2.69. The molecular formula is C15H22FN2O8+. The van der Waals surface area contributed by atoms with Crippen molar-refractivity contribution in [2.24, 2.45) is 0 Å². The molecule has 2 fully saturated rings. The van der Waals surface area contributed by atoms with Gasteiger partial charge in [-0.15, -0.1) is 0 Å². The van der Waals surface area contributed by atoms with E-state index >= 15 is 0 Å². The molecule has 2 saturated heterocycles. The lowest BCUT2D eigenvalue weighted by Gasteiger charge is -2.42. The zero-order valence-electron chi connectivity index (χ0n) is 14.0. The summed E-state index contributed by atoms with van der Waals surface area (Å²) in [5.41, 5.74) is 0.0906. The molecule has 3 heterocycles. The number of ether oxygens (including phenoxy) is 2. The number of nitrogens with zero attached hydrogens (tertiary/aromatic N) is 1. The fourth-order valence-electron chi connectivity index (χ4n) is 3.64. The summed E-state index contributed by atoms with van der Waals surface area (Å²) in [6.45, 7) is 0.216. The summed E-state index contributed by atoms with van der Waals surface area (Å²) in [4.78, 5) is 24.6. The molecule has 11 heteroatoms. The van der Waals surface area contributed by atoms with Gasteiger partial charge in [0.1, 0.15) is 24.5 Å². The number of urea groups is 1. The molecule has 0 radical (unpaired) electrons. The number of carbonyl (C=O) groups excluding carboxylic acids is 2. The van der Waals surface area contributed by atoms with Crippen LogP contribution in [0.5, 0.6) is 0 Å². The van der Waals surface area contributed by atoms with Crippen molar-refractivity contribution in [3.05, 3.63) is 11.8 Å². The maximum Gasteiger partial charge on any atom is 0.432 e. The number of aliphatic hydroxyl groups is 4. The Morgan fingerprint density at radius 1 is 1.23 bits per heavy atom. The molecule has 146 valence electrons. The number of rotatable bonds is 4. The predicted octanol–water partition coefficient (Wildman–Crippen LogP) is -2.16. The molecule has 3 aliphatic heterocycles. The third kappa shape index (κ3) is 2.76. The van der Waals surface area contributed by atoms with Crippen LogP contribution in [0.25, 0.3) is 0 Å². The zero-order valence-corrected chi connectivity index (χ0v) is 14.0. The third-order valence-corrected chi connectivity index (χ3v) is 5.09. The van der Waals surface area contributed by atoms with Gasteiger partial charge in [0.25, 0.3) is 5.91 Å². The molecule has 26 heavy (non-hydrogen) atoms. The second kappa shape index (κ2) is 6.93. The van der Waals surface area contributed by atoms with E-state index in [0.717, 1.165) is 0 Å². The normalized spacial score (nSPS) is 46.4. The summed E-state index contributed by atoms with van der Waals surface area (Å²) in [5, 5.41) is 40.6. The Morgan fingerprint density at radius 2 is 1.88 bits per heavy atom. The second-order valence-electron chi connectivity index (χ2n) is 6.70. The molecular weight excluding hydrogens is 355 g/mol. The van der Waals surface area contributed by atoms with Crippen molar-refractivity contribution < 1.29 is 48.4 Å². The fourth-order valence-corrected chi connectivity index (χ4v) is 3.64. The van der Waals surface area contributed by atoms with Crippen molar-refractivity contribution in [3.8, 4) is 0 Å². The number of aliphatic hydroxyl groups excluding tert-OH is 4. The van der Waals surface area contributed by atoms with E-state index in [2.05, 4.69) is 5.32 Å². The molecule has 0 aliphatic carbocycles. The zero-order chi connectivity index (χ0) is 19.2. The van der Waals surface area contributed by atoms with Gasteiger partial charge < -0.3 is 29.9 Å². The third-order valence-electron chi connectivity index (χ3n) is 5.09. The largest absolute Gasteiger partial charge is 0.432 e. The van der Waals surface area contributed by atoms with Crippen LogP contribution in [0.2, 0.25) is 0 Å². The van der Waals surface area contributed by atoms with Crippen LogP contribution in [0.3, 0.4) is 0 Å². The van der Waals surface area contributed by atoms with Gasteiger partial charge in [0.05, 0.1) is 31.3 Å². The summed E-state index contributed by atoms with van der Waals surface area (Å²) in [6.07, 6.45) is -8.86. The average Bonchev–Trinajstić information content (AvgIpc) is 3.12. The first-order valence-corrected chi connectivity index (χ1v) is 8.22. The first-order chi connectivity index (χ1) is 12.3. The molecule has 8 atom stereocenters. The molecule has 3 aliphatic rings. The molecule has 10 nitrogen and oxygen atoms in total. The highest BCUT2D eigenvalue weighted by Gasteiger charge is 2.64. The summed E-state index contributed by atoms with van der Waals surface area (Å²) in [6, 6.07) is -0.949. The first kappa shape index (κ1) is 19.3. The highest BCUT2D eigenvalue weighted by Crippen LogP contribution is 2.40. The summed E-state index contributed by atoms with van der Waals surface area (Å²) in [5.74, 6) is -0.673. The predicted molar refractivity (Wildman–Crippen MR) is 80.6 cm³/mol. The van der Waals surface area contributed by atoms with Crippen molar-refractivity contribution in [1.82, 2.24) is 5.32 Å². The van der Waals surface area contributed by atoms with E-state index in [-0.39, 0.29) is 12.0 Å². The smallest absolute Gasteiger partial charge is 0.394 e. The van der Waals surface area contributed by atoms with E-state index in [9.17, 15) is 34.4 Å². The van der Waals surface area contributed by atoms with E-state index in [1.165, 1.54) is 13.1 Å². The SMILES string of the molecule is CC1=C[N+]([C@@H]2O[C@H](CO)[C@@H](O)[C@@H]2F)([C@H]2C[C@H](O)[C@@H](CO)O2)C(=O)NC1=O. The first-order valence-electron chi connectivity index (χ1n) is 8.22. The number of quaternary nitrogens is 1. The molecule has 0 aromatic carbocycles. The summed E-state index contributed by atoms with van der Waals surface area (Å²) < 4.78 is 24.8. The van der Waals surface area contributed by atoms with Gasteiger partial charge in [0.15, 0.2) is 0 Å². The average molecular weight is 377 g/mol. The second-order valence-corrected chi connectivity index (χ2v) is 6.70. The van der Waals surface area contributed by atoms with Crippen molar-refractivity contribution in [3.63, 3.8) is 0 Å². The molecule has 0 spiro atoms. The molecule has 0 aromatic heterocycles. The maximum atomic E-state index is 14.8. The topological polar surface area (TPSA) is 146 Å². The number of nitrogens with one attached hydrogen (secondary N) is 1. The Kier molecular flexibility index (Phi) is 5.14. The van der Waals surface area contributed by atoms with Crippen molar-refractivity contribution in [2.45, 2.75) is 56.4 Å². The molecule has 0 saturated carbocycles. The lowest BCUT2D eigenvalue weighted by molar-refractivity contribution is -0.900. The molecule has 5 N–H and O–H groups in total. The van der Waals surface area contributed by atoms with Crippen molar-refractivity contribution in [2.75, 3.05) is 13.2 Å². The minimum absolute atomic E-state index is 0.0906. The van der Waals surface area contributed by atoms with Crippen LogP contribution < -0.4 is 5.32 Å². The van der Waals surface area contributed by atoms with Crippen LogP contribution in [0.4, 0.5) is 9.18 Å². The Hall–Kier alpha value is -1.47. The van der Waals surface area contributed by atoms with Crippen LogP contribution in [-0.2, 0) is 14.3 Å². The quantitative estimate of drug-likeness (QED) is 0.348. The Balaban J connectivity index is 2.07. The van der Waals surface area contributed by atoms with Gasteiger partial charge in [-0.3, -0.25) is 4.79 Å². The molecule has 3 rings (SSSR count). The van der Waals surface area contributed by atoms with Crippen LogP contribution in [-0.4, -0.2) is 93.1 Å². The van der Waals surface area contributed by atoms with E-state index in [1.54, 1.807) is 0 Å². The summed E-state index contributed by atoms with van der Waals surface area (Å²) in [7, 11) is 0. The number of hydrogen-bond donors (Lipinski definition) is 5. The van der Waals surface area contributed by atoms with Crippen LogP contribution in [0.1, 0.15) is 13.3 Å².